The van der Waals surface area contributed by atoms with Gasteiger partial charge in [-0.15, -0.1) is 0 Å². The van der Waals surface area contributed by atoms with Crippen LogP contribution in [-0.4, -0.2) is 63.6 Å². The molecule has 2 atom stereocenters. The molecular formula is C28H28Cl2FN3O5. The van der Waals surface area contributed by atoms with Crippen LogP contribution in [0.5, 0.6) is 0 Å². The molecule has 0 aliphatic carbocycles. The van der Waals surface area contributed by atoms with Gasteiger partial charge in [0.15, 0.2) is 6.23 Å². The Kier molecular flexibility index (Phi) is 8.88. The molecule has 5 rings (SSSR count). The van der Waals surface area contributed by atoms with Gasteiger partial charge < -0.3 is 24.7 Å². The van der Waals surface area contributed by atoms with E-state index < -0.39 is 36.1 Å². The maximum Gasteiger partial charge on any atom is 0.257 e. The molecule has 0 saturated carbocycles. The number of carbonyl (C=O) groups is 2. The number of benzene rings is 2. The van der Waals surface area contributed by atoms with Gasteiger partial charge >= 0.3 is 0 Å². The first-order valence-electron chi connectivity index (χ1n) is 12.2. The monoisotopic (exact) mass is 575 g/mol. The number of amides is 2. The van der Waals surface area contributed by atoms with Gasteiger partial charge in [-0.2, -0.15) is 0 Å². The average molecular weight is 576 g/mol. The maximum absolute atomic E-state index is 15.2. The fraction of sp³-hybridized carbons (Fsp3) is 0.321. The van der Waals surface area contributed by atoms with Crippen molar-refractivity contribution in [3.05, 3.63) is 99.0 Å². The number of pyridine rings is 1. The largest absolute Gasteiger partial charge is 0.387 e. The lowest BCUT2D eigenvalue weighted by atomic mass is 9.77. The summed E-state index contributed by atoms with van der Waals surface area (Å²) in [6, 6.07) is 15.5. The number of carbonyl (C=O) groups excluding carboxylic acids is 2. The lowest BCUT2D eigenvalue weighted by Crippen LogP contribution is -2.58. The molecule has 1 aromatic heterocycles. The van der Waals surface area contributed by atoms with Crippen molar-refractivity contribution in [1.29, 1.82) is 0 Å². The molecule has 3 aromatic rings. The highest BCUT2D eigenvalue weighted by atomic mass is 35.5. The van der Waals surface area contributed by atoms with Crippen LogP contribution in [0.4, 0.5) is 4.39 Å². The van der Waals surface area contributed by atoms with E-state index in [2.05, 4.69) is 4.98 Å². The van der Waals surface area contributed by atoms with Gasteiger partial charge in [0.2, 0.25) is 5.91 Å². The number of fused-ring (bicyclic) bond motifs is 1. The number of methoxy groups -OCH3 is 1. The SMILES string of the molecule is COC1c2c(F)cc(C(C)(O)C3CN(C(=O)CO)C3)cc2C(=O)N1Cc1ccc(Cl)cn1.Clc1ccccc1. The molecule has 2 aromatic carbocycles. The topological polar surface area (TPSA) is 103 Å². The Bertz CT molecular complexity index is 1340. The first-order valence-corrected chi connectivity index (χ1v) is 12.9. The van der Waals surface area contributed by atoms with Crippen LogP contribution < -0.4 is 0 Å². The van der Waals surface area contributed by atoms with Crippen molar-refractivity contribution in [1.82, 2.24) is 14.8 Å². The van der Waals surface area contributed by atoms with E-state index in [0.717, 1.165) is 5.02 Å². The van der Waals surface area contributed by atoms with Gasteiger partial charge in [0.1, 0.15) is 12.4 Å². The van der Waals surface area contributed by atoms with Crippen molar-refractivity contribution in [2.45, 2.75) is 25.3 Å². The summed E-state index contributed by atoms with van der Waals surface area (Å²) in [6.07, 6.45) is 0.529. The molecule has 2 aliphatic heterocycles. The third kappa shape index (κ3) is 6.08. The van der Waals surface area contributed by atoms with Crippen molar-refractivity contribution in [3.63, 3.8) is 0 Å². The number of aromatic nitrogens is 1. The van der Waals surface area contributed by atoms with Crippen molar-refractivity contribution in [2.75, 3.05) is 26.8 Å². The van der Waals surface area contributed by atoms with E-state index in [9.17, 15) is 14.7 Å². The van der Waals surface area contributed by atoms with Crippen LogP contribution in [0, 0.1) is 11.7 Å². The Morgan fingerprint density at radius 2 is 1.85 bits per heavy atom. The first kappa shape index (κ1) is 28.9. The molecule has 2 unspecified atom stereocenters. The molecule has 3 heterocycles. The Hall–Kier alpha value is -3.08. The van der Waals surface area contributed by atoms with Crippen molar-refractivity contribution in [3.8, 4) is 0 Å². The first-order chi connectivity index (χ1) is 18.6. The third-order valence-electron chi connectivity index (χ3n) is 6.98. The van der Waals surface area contributed by atoms with E-state index in [1.165, 1.54) is 42.2 Å². The smallest absolute Gasteiger partial charge is 0.257 e. The van der Waals surface area contributed by atoms with E-state index >= 15 is 4.39 Å². The molecule has 0 radical (unpaired) electrons. The predicted molar refractivity (Wildman–Crippen MR) is 143 cm³/mol. The van der Waals surface area contributed by atoms with Crippen molar-refractivity contribution >= 4 is 35.0 Å². The van der Waals surface area contributed by atoms with Gasteiger partial charge in [-0.3, -0.25) is 14.6 Å². The summed E-state index contributed by atoms with van der Waals surface area (Å²) in [6.45, 7) is 1.48. The molecule has 0 bridgehead atoms. The highest BCUT2D eigenvalue weighted by molar-refractivity contribution is 6.30. The second-order valence-corrected chi connectivity index (χ2v) is 10.4. The quantitative estimate of drug-likeness (QED) is 0.457. The summed E-state index contributed by atoms with van der Waals surface area (Å²) in [5.41, 5.74) is -0.450. The average Bonchev–Trinajstić information content (AvgIpc) is 3.16. The van der Waals surface area contributed by atoms with Crippen LogP contribution in [0.2, 0.25) is 10.0 Å². The molecule has 2 aliphatic rings. The number of hydrogen-bond acceptors (Lipinski definition) is 6. The number of likely N-dealkylation sites (tertiary alicyclic amines) is 1. The third-order valence-corrected chi connectivity index (χ3v) is 7.45. The van der Waals surface area contributed by atoms with Gasteiger partial charge in [-0.1, -0.05) is 41.4 Å². The number of halogens is 3. The molecule has 2 amide bonds. The van der Waals surface area contributed by atoms with Gasteiger partial charge in [0.25, 0.3) is 5.91 Å². The Morgan fingerprint density at radius 1 is 1.15 bits per heavy atom. The summed E-state index contributed by atoms with van der Waals surface area (Å²) < 4.78 is 20.6. The van der Waals surface area contributed by atoms with Crippen LogP contribution >= 0.6 is 23.2 Å². The normalized spacial score (nSPS) is 18.1. The van der Waals surface area contributed by atoms with Gasteiger partial charge in [0, 0.05) is 42.9 Å². The number of rotatable bonds is 6. The van der Waals surface area contributed by atoms with Crippen LogP contribution in [0.1, 0.15) is 40.3 Å². The molecule has 0 spiro atoms. The second kappa shape index (κ2) is 12.0. The van der Waals surface area contributed by atoms with Crippen molar-refractivity contribution < 1.29 is 28.9 Å². The number of hydrogen-bond donors (Lipinski definition) is 2. The van der Waals surface area contributed by atoms with E-state index in [1.54, 1.807) is 12.1 Å². The minimum atomic E-state index is -1.48. The predicted octanol–water partition coefficient (Wildman–Crippen LogP) is 4.17. The van der Waals surface area contributed by atoms with E-state index in [4.69, 9.17) is 33.0 Å². The van der Waals surface area contributed by atoms with Gasteiger partial charge in [0.05, 0.1) is 28.4 Å². The van der Waals surface area contributed by atoms with Gasteiger partial charge in [-0.25, -0.2) is 4.39 Å². The van der Waals surface area contributed by atoms with E-state index in [0.29, 0.717) is 10.7 Å². The molecule has 2 N–H and O–H groups in total. The number of ether oxygens (including phenoxy) is 1. The number of aliphatic hydroxyl groups excluding tert-OH is 1. The molecule has 206 valence electrons. The molecular weight excluding hydrogens is 548 g/mol. The van der Waals surface area contributed by atoms with Gasteiger partial charge in [-0.05, 0) is 48.9 Å². The molecule has 8 nitrogen and oxygen atoms in total. The van der Waals surface area contributed by atoms with E-state index in [-0.39, 0.29) is 42.2 Å². The highest BCUT2D eigenvalue weighted by Gasteiger charge is 2.46. The lowest BCUT2D eigenvalue weighted by molar-refractivity contribution is -0.149. The highest BCUT2D eigenvalue weighted by Crippen LogP contribution is 2.42. The zero-order valence-corrected chi connectivity index (χ0v) is 22.9. The maximum atomic E-state index is 15.2. The van der Waals surface area contributed by atoms with Crippen LogP contribution in [0.25, 0.3) is 0 Å². The molecule has 39 heavy (non-hydrogen) atoms. The van der Waals surface area contributed by atoms with Crippen molar-refractivity contribution in [2.24, 2.45) is 5.92 Å². The van der Waals surface area contributed by atoms with Crippen LogP contribution in [0.15, 0.2) is 60.8 Å². The second-order valence-electron chi connectivity index (χ2n) is 9.51. The minimum Gasteiger partial charge on any atom is -0.387 e. The lowest BCUT2D eigenvalue weighted by Gasteiger charge is -2.46. The zero-order valence-electron chi connectivity index (χ0n) is 21.4. The summed E-state index contributed by atoms with van der Waals surface area (Å²) >= 11 is 11.4. The summed E-state index contributed by atoms with van der Waals surface area (Å²) in [5.74, 6) is -1.89. The fourth-order valence-electron chi connectivity index (χ4n) is 4.62. The van der Waals surface area contributed by atoms with Crippen LogP contribution in [-0.2, 0) is 21.7 Å². The van der Waals surface area contributed by atoms with Crippen LogP contribution in [0.3, 0.4) is 0 Å². The molecule has 1 fully saturated rings. The molecule has 11 heteroatoms. The summed E-state index contributed by atoms with van der Waals surface area (Å²) in [5, 5.41) is 21.3. The summed E-state index contributed by atoms with van der Waals surface area (Å²) in [7, 11) is 1.39. The zero-order chi connectivity index (χ0) is 28.3. The Morgan fingerprint density at radius 3 is 2.38 bits per heavy atom. The minimum absolute atomic E-state index is 0.0925. The molecule has 1 saturated heterocycles. The number of aliphatic hydroxyl groups is 2. The standard InChI is InChI=1S/C22H23ClFN3O5.C6H5Cl/c1-22(31,13-8-26(9-13)18(29)11-28)12-5-16-19(17(24)6-12)21(32-2)27(20(16)30)10-15-4-3-14(23)7-25-15;7-6-4-2-1-3-5-6/h3-7,13,21,28,31H,8-11H2,1-2H3;1-5H. The Balaban J connectivity index is 0.000000438. The Labute approximate surface area is 235 Å². The van der Waals surface area contributed by atoms with E-state index in [1.807, 2.05) is 30.3 Å². The number of nitrogens with zero attached hydrogens (tertiary/aromatic N) is 3. The fourth-order valence-corrected chi connectivity index (χ4v) is 4.87. The summed E-state index contributed by atoms with van der Waals surface area (Å²) in [4.78, 5) is 31.7.